The SMILES string of the molecule is COC(=O)c1cc(C)nc(N2CCC(c3ccccc3)C2)n1. The number of benzene rings is 1. The van der Waals surface area contributed by atoms with Crippen LogP contribution in [0.5, 0.6) is 0 Å². The van der Waals surface area contributed by atoms with Crippen LogP contribution in [0.1, 0.15) is 34.1 Å². The summed E-state index contributed by atoms with van der Waals surface area (Å²) in [7, 11) is 1.36. The average Bonchev–Trinajstić information content (AvgIpc) is 3.04. The number of aromatic nitrogens is 2. The van der Waals surface area contributed by atoms with Crippen LogP contribution in [0.15, 0.2) is 36.4 Å². The minimum Gasteiger partial charge on any atom is -0.464 e. The molecule has 0 radical (unpaired) electrons. The number of esters is 1. The molecule has 22 heavy (non-hydrogen) atoms. The summed E-state index contributed by atoms with van der Waals surface area (Å²) in [5.41, 5.74) is 2.42. The van der Waals surface area contributed by atoms with Gasteiger partial charge in [0.15, 0.2) is 5.69 Å². The number of methoxy groups -OCH3 is 1. The van der Waals surface area contributed by atoms with E-state index >= 15 is 0 Å². The molecular formula is C17H19N3O2. The Balaban J connectivity index is 1.81. The van der Waals surface area contributed by atoms with Gasteiger partial charge in [-0.05, 0) is 25.0 Å². The van der Waals surface area contributed by atoms with Gasteiger partial charge in [-0.25, -0.2) is 14.8 Å². The lowest BCUT2D eigenvalue weighted by Gasteiger charge is -2.17. The molecule has 1 aromatic carbocycles. The Kier molecular flexibility index (Phi) is 4.04. The molecule has 5 heteroatoms. The zero-order valence-electron chi connectivity index (χ0n) is 12.8. The predicted octanol–water partition coefficient (Wildman–Crippen LogP) is 2.57. The van der Waals surface area contributed by atoms with Crippen molar-refractivity contribution >= 4 is 11.9 Å². The van der Waals surface area contributed by atoms with Crippen molar-refractivity contribution in [2.75, 3.05) is 25.1 Å². The van der Waals surface area contributed by atoms with Crippen molar-refractivity contribution < 1.29 is 9.53 Å². The zero-order chi connectivity index (χ0) is 15.5. The van der Waals surface area contributed by atoms with Crippen LogP contribution < -0.4 is 4.90 Å². The van der Waals surface area contributed by atoms with E-state index in [0.717, 1.165) is 25.2 Å². The molecule has 114 valence electrons. The maximum Gasteiger partial charge on any atom is 0.356 e. The lowest BCUT2D eigenvalue weighted by atomic mass is 9.99. The maximum absolute atomic E-state index is 11.7. The third-order valence-corrected chi connectivity index (χ3v) is 3.98. The molecule has 1 aliphatic rings. The first-order valence-corrected chi connectivity index (χ1v) is 7.41. The monoisotopic (exact) mass is 297 g/mol. The van der Waals surface area contributed by atoms with Gasteiger partial charge in [-0.1, -0.05) is 30.3 Å². The molecule has 0 saturated carbocycles. The molecule has 3 rings (SSSR count). The maximum atomic E-state index is 11.7. The molecule has 2 aromatic rings. The number of rotatable bonds is 3. The topological polar surface area (TPSA) is 55.3 Å². The summed E-state index contributed by atoms with van der Waals surface area (Å²) in [5.74, 6) is 0.663. The van der Waals surface area contributed by atoms with E-state index in [0.29, 0.717) is 17.6 Å². The number of carbonyl (C=O) groups is 1. The molecule has 0 bridgehead atoms. The Bertz CT molecular complexity index is 673. The summed E-state index contributed by atoms with van der Waals surface area (Å²) in [4.78, 5) is 22.6. The highest BCUT2D eigenvalue weighted by Gasteiger charge is 2.26. The summed E-state index contributed by atoms with van der Waals surface area (Å²) in [6.07, 6.45) is 1.06. The Labute approximate surface area is 130 Å². The van der Waals surface area contributed by atoms with Gasteiger partial charge >= 0.3 is 5.97 Å². The third kappa shape index (κ3) is 2.93. The Morgan fingerprint density at radius 3 is 2.77 bits per heavy atom. The average molecular weight is 297 g/mol. The van der Waals surface area contributed by atoms with Crippen LogP contribution in [0.25, 0.3) is 0 Å². The molecule has 1 aromatic heterocycles. The Hall–Kier alpha value is -2.43. The van der Waals surface area contributed by atoms with Crippen molar-refractivity contribution in [3.8, 4) is 0 Å². The molecule has 1 unspecified atom stereocenters. The number of hydrogen-bond donors (Lipinski definition) is 0. The highest BCUT2D eigenvalue weighted by molar-refractivity contribution is 5.87. The second-order valence-corrected chi connectivity index (χ2v) is 5.53. The fourth-order valence-corrected chi connectivity index (χ4v) is 2.84. The predicted molar refractivity (Wildman–Crippen MR) is 84.1 cm³/mol. The Morgan fingerprint density at radius 2 is 2.05 bits per heavy atom. The van der Waals surface area contributed by atoms with E-state index in [1.54, 1.807) is 6.07 Å². The summed E-state index contributed by atoms with van der Waals surface area (Å²) < 4.78 is 4.75. The van der Waals surface area contributed by atoms with Gasteiger partial charge < -0.3 is 9.64 Å². The van der Waals surface area contributed by atoms with Crippen LogP contribution in [0.4, 0.5) is 5.95 Å². The molecule has 0 amide bonds. The highest BCUT2D eigenvalue weighted by Crippen LogP contribution is 2.29. The zero-order valence-corrected chi connectivity index (χ0v) is 12.8. The van der Waals surface area contributed by atoms with Crippen molar-refractivity contribution in [3.05, 3.63) is 53.3 Å². The van der Waals surface area contributed by atoms with Crippen LogP contribution >= 0.6 is 0 Å². The summed E-state index contributed by atoms with van der Waals surface area (Å²) in [6.45, 7) is 3.63. The van der Waals surface area contributed by atoms with E-state index in [-0.39, 0.29) is 0 Å². The van der Waals surface area contributed by atoms with Gasteiger partial charge in [0.2, 0.25) is 5.95 Å². The first kappa shape index (κ1) is 14.5. The fourth-order valence-electron chi connectivity index (χ4n) is 2.84. The molecular weight excluding hydrogens is 278 g/mol. The van der Waals surface area contributed by atoms with Crippen molar-refractivity contribution in [1.29, 1.82) is 0 Å². The van der Waals surface area contributed by atoms with E-state index in [9.17, 15) is 4.79 Å². The Morgan fingerprint density at radius 1 is 1.27 bits per heavy atom. The number of aryl methyl sites for hydroxylation is 1. The van der Waals surface area contributed by atoms with Gasteiger partial charge in [0.25, 0.3) is 0 Å². The number of ether oxygens (including phenoxy) is 1. The number of hydrogen-bond acceptors (Lipinski definition) is 5. The molecule has 5 nitrogen and oxygen atoms in total. The normalized spacial score (nSPS) is 17.5. The first-order chi connectivity index (χ1) is 10.7. The van der Waals surface area contributed by atoms with Crippen molar-refractivity contribution in [1.82, 2.24) is 9.97 Å². The van der Waals surface area contributed by atoms with Crippen molar-refractivity contribution in [3.63, 3.8) is 0 Å². The lowest BCUT2D eigenvalue weighted by molar-refractivity contribution is 0.0593. The first-order valence-electron chi connectivity index (χ1n) is 7.41. The largest absolute Gasteiger partial charge is 0.464 e. The van der Waals surface area contributed by atoms with Crippen LogP contribution in [-0.4, -0.2) is 36.1 Å². The summed E-state index contributed by atoms with van der Waals surface area (Å²) in [5, 5.41) is 0. The van der Waals surface area contributed by atoms with Gasteiger partial charge in [0, 0.05) is 24.7 Å². The van der Waals surface area contributed by atoms with E-state index in [1.807, 2.05) is 13.0 Å². The fraction of sp³-hybridized carbons (Fsp3) is 0.353. The smallest absolute Gasteiger partial charge is 0.356 e. The highest BCUT2D eigenvalue weighted by atomic mass is 16.5. The summed E-state index contributed by atoms with van der Waals surface area (Å²) >= 11 is 0. The number of nitrogens with zero attached hydrogens (tertiary/aromatic N) is 3. The van der Waals surface area contributed by atoms with E-state index in [4.69, 9.17) is 4.74 Å². The third-order valence-electron chi connectivity index (χ3n) is 3.98. The number of anilines is 1. The second kappa shape index (κ2) is 6.13. The second-order valence-electron chi connectivity index (χ2n) is 5.53. The van der Waals surface area contributed by atoms with Crippen molar-refractivity contribution in [2.45, 2.75) is 19.3 Å². The van der Waals surface area contributed by atoms with Gasteiger partial charge in [-0.2, -0.15) is 0 Å². The van der Waals surface area contributed by atoms with E-state index in [2.05, 4.69) is 39.1 Å². The minimum absolute atomic E-state index is 0.313. The molecule has 1 fully saturated rings. The summed E-state index contributed by atoms with van der Waals surface area (Å²) in [6, 6.07) is 12.1. The van der Waals surface area contributed by atoms with Gasteiger partial charge in [0.05, 0.1) is 7.11 Å². The molecule has 1 aliphatic heterocycles. The quantitative estimate of drug-likeness (QED) is 0.815. The molecule has 1 saturated heterocycles. The number of carbonyl (C=O) groups excluding carboxylic acids is 1. The molecule has 2 heterocycles. The molecule has 1 atom stereocenters. The molecule has 0 spiro atoms. The van der Waals surface area contributed by atoms with Crippen LogP contribution in [0, 0.1) is 6.92 Å². The molecule has 0 aliphatic carbocycles. The van der Waals surface area contributed by atoms with Crippen LogP contribution in [0.2, 0.25) is 0 Å². The lowest BCUT2D eigenvalue weighted by Crippen LogP contribution is -2.23. The van der Waals surface area contributed by atoms with Gasteiger partial charge in [-0.3, -0.25) is 0 Å². The van der Waals surface area contributed by atoms with Gasteiger partial charge in [-0.15, -0.1) is 0 Å². The van der Waals surface area contributed by atoms with E-state index < -0.39 is 5.97 Å². The van der Waals surface area contributed by atoms with E-state index in [1.165, 1.54) is 12.7 Å². The molecule has 0 N–H and O–H groups in total. The minimum atomic E-state index is -0.425. The van der Waals surface area contributed by atoms with Crippen molar-refractivity contribution in [2.24, 2.45) is 0 Å². The van der Waals surface area contributed by atoms with Crippen LogP contribution in [0.3, 0.4) is 0 Å². The van der Waals surface area contributed by atoms with Gasteiger partial charge in [0.1, 0.15) is 0 Å². The van der Waals surface area contributed by atoms with Crippen LogP contribution in [-0.2, 0) is 4.74 Å². The standard InChI is InChI=1S/C17H19N3O2/c1-12-10-15(16(21)22-2)19-17(18-12)20-9-8-14(11-20)13-6-4-3-5-7-13/h3-7,10,14H,8-9,11H2,1-2H3.